The first-order valence-corrected chi connectivity index (χ1v) is 6.17. The molecule has 0 heterocycles. The highest BCUT2D eigenvalue weighted by molar-refractivity contribution is 4.96. The van der Waals surface area contributed by atoms with E-state index in [-0.39, 0.29) is 5.54 Å². The molecule has 0 saturated heterocycles. The maximum Gasteiger partial charge on any atom is 0.00966 e. The second kappa shape index (κ2) is 5.56. The van der Waals surface area contributed by atoms with Crippen molar-refractivity contribution >= 4 is 0 Å². The van der Waals surface area contributed by atoms with Gasteiger partial charge in [-0.15, -0.1) is 11.8 Å². The topological polar surface area (TPSA) is 12.0 Å². The highest BCUT2D eigenvalue weighted by atomic mass is 14.9. The third kappa shape index (κ3) is 4.71. The van der Waals surface area contributed by atoms with Crippen LogP contribution >= 0.6 is 0 Å². The van der Waals surface area contributed by atoms with E-state index in [1.807, 2.05) is 6.92 Å². The van der Waals surface area contributed by atoms with Gasteiger partial charge >= 0.3 is 0 Å². The lowest BCUT2D eigenvalue weighted by Gasteiger charge is -2.38. The van der Waals surface area contributed by atoms with Crippen molar-refractivity contribution in [1.82, 2.24) is 5.32 Å². The summed E-state index contributed by atoms with van der Waals surface area (Å²) in [5.41, 5.74) is 0.267. The van der Waals surface area contributed by atoms with Crippen molar-refractivity contribution in [3.63, 3.8) is 0 Å². The monoisotopic (exact) mass is 207 g/mol. The first-order valence-electron chi connectivity index (χ1n) is 6.17. The third-order valence-corrected chi connectivity index (χ3v) is 3.29. The molecule has 1 aliphatic rings. The summed E-state index contributed by atoms with van der Waals surface area (Å²) in [6.07, 6.45) is 5.22. The van der Waals surface area contributed by atoms with Crippen molar-refractivity contribution in [1.29, 1.82) is 0 Å². The standard InChI is InChI=1S/C14H25N/c1-5-6-7-8-12-9-10-13(12)11-15-14(2,3)4/h12-13,15H,7-11H2,1-4H3. The number of rotatable bonds is 4. The summed E-state index contributed by atoms with van der Waals surface area (Å²) in [6.45, 7) is 9.84. The minimum atomic E-state index is 0.267. The second-order valence-electron chi connectivity index (χ2n) is 5.69. The van der Waals surface area contributed by atoms with Crippen LogP contribution in [-0.2, 0) is 0 Å². The Morgan fingerprint density at radius 3 is 2.33 bits per heavy atom. The zero-order valence-corrected chi connectivity index (χ0v) is 10.7. The van der Waals surface area contributed by atoms with Crippen LogP contribution in [0.1, 0.15) is 53.4 Å². The van der Waals surface area contributed by atoms with E-state index in [0.29, 0.717) is 0 Å². The molecule has 1 fully saturated rings. The van der Waals surface area contributed by atoms with Crippen LogP contribution in [0.25, 0.3) is 0 Å². The van der Waals surface area contributed by atoms with Gasteiger partial charge in [-0.2, -0.15) is 0 Å². The van der Waals surface area contributed by atoms with Gasteiger partial charge in [-0.25, -0.2) is 0 Å². The number of hydrogen-bond donors (Lipinski definition) is 1. The molecule has 0 bridgehead atoms. The van der Waals surface area contributed by atoms with E-state index >= 15 is 0 Å². The van der Waals surface area contributed by atoms with E-state index in [4.69, 9.17) is 0 Å². The summed E-state index contributed by atoms with van der Waals surface area (Å²) < 4.78 is 0. The van der Waals surface area contributed by atoms with Gasteiger partial charge in [-0.05, 0) is 65.3 Å². The summed E-state index contributed by atoms with van der Waals surface area (Å²) in [4.78, 5) is 0. The Labute approximate surface area is 95.0 Å². The van der Waals surface area contributed by atoms with Crippen LogP contribution in [0.5, 0.6) is 0 Å². The van der Waals surface area contributed by atoms with Gasteiger partial charge in [0.05, 0.1) is 0 Å². The van der Waals surface area contributed by atoms with E-state index in [0.717, 1.165) is 18.3 Å². The lowest BCUT2D eigenvalue weighted by molar-refractivity contribution is 0.151. The van der Waals surface area contributed by atoms with Crippen molar-refractivity contribution < 1.29 is 0 Å². The van der Waals surface area contributed by atoms with Crippen LogP contribution in [0.15, 0.2) is 0 Å². The normalized spacial score (nSPS) is 25.3. The molecule has 0 radical (unpaired) electrons. The van der Waals surface area contributed by atoms with Gasteiger partial charge < -0.3 is 5.32 Å². The van der Waals surface area contributed by atoms with Crippen LogP contribution in [-0.4, -0.2) is 12.1 Å². The number of hydrogen-bond acceptors (Lipinski definition) is 1. The van der Waals surface area contributed by atoms with Crippen molar-refractivity contribution in [2.24, 2.45) is 11.8 Å². The van der Waals surface area contributed by atoms with Crippen LogP contribution < -0.4 is 5.32 Å². The molecular weight excluding hydrogens is 182 g/mol. The van der Waals surface area contributed by atoms with Gasteiger partial charge in [0.1, 0.15) is 0 Å². The largest absolute Gasteiger partial charge is 0.312 e. The summed E-state index contributed by atoms with van der Waals surface area (Å²) >= 11 is 0. The SMILES string of the molecule is CC#CCCC1CCC1CNC(C)(C)C. The minimum Gasteiger partial charge on any atom is -0.312 e. The Hall–Kier alpha value is -0.480. The Bertz CT molecular complexity index is 238. The molecule has 15 heavy (non-hydrogen) atoms. The average Bonchev–Trinajstić information content (AvgIpc) is 2.08. The van der Waals surface area contributed by atoms with Crippen molar-refractivity contribution in [2.75, 3.05) is 6.54 Å². The molecule has 2 atom stereocenters. The summed E-state index contributed by atoms with van der Waals surface area (Å²) in [6, 6.07) is 0. The van der Waals surface area contributed by atoms with E-state index in [1.165, 1.54) is 25.8 Å². The van der Waals surface area contributed by atoms with Crippen LogP contribution in [0, 0.1) is 23.7 Å². The van der Waals surface area contributed by atoms with Crippen molar-refractivity contribution in [3.8, 4) is 11.8 Å². The first-order chi connectivity index (χ1) is 7.03. The second-order valence-corrected chi connectivity index (χ2v) is 5.69. The molecule has 2 unspecified atom stereocenters. The molecule has 1 heteroatoms. The van der Waals surface area contributed by atoms with Gasteiger partial charge in [0.15, 0.2) is 0 Å². The average molecular weight is 207 g/mol. The van der Waals surface area contributed by atoms with Gasteiger partial charge in [-0.1, -0.05) is 0 Å². The highest BCUT2D eigenvalue weighted by Crippen LogP contribution is 2.37. The lowest BCUT2D eigenvalue weighted by Crippen LogP contribution is -2.43. The number of nitrogens with one attached hydrogen (secondary N) is 1. The van der Waals surface area contributed by atoms with E-state index in [1.54, 1.807) is 0 Å². The predicted molar refractivity (Wildman–Crippen MR) is 66.7 cm³/mol. The molecule has 1 rings (SSSR count). The summed E-state index contributed by atoms with van der Waals surface area (Å²) in [5.74, 6) is 7.98. The molecule has 1 saturated carbocycles. The van der Waals surface area contributed by atoms with E-state index in [9.17, 15) is 0 Å². The molecule has 0 amide bonds. The van der Waals surface area contributed by atoms with Crippen LogP contribution in [0.4, 0.5) is 0 Å². The van der Waals surface area contributed by atoms with Crippen LogP contribution in [0.2, 0.25) is 0 Å². The molecule has 1 N–H and O–H groups in total. The lowest BCUT2D eigenvalue weighted by atomic mass is 9.71. The predicted octanol–water partition coefficient (Wildman–Crippen LogP) is 3.20. The maximum atomic E-state index is 3.61. The fourth-order valence-electron chi connectivity index (χ4n) is 2.11. The Morgan fingerprint density at radius 2 is 1.87 bits per heavy atom. The Morgan fingerprint density at radius 1 is 1.20 bits per heavy atom. The van der Waals surface area contributed by atoms with Gasteiger partial charge in [0.25, 0.3) is 0 Å². The fourth-order valence-corrected chi connectivity index (χ4v) is 2.11. The molecule has 0 spiro atoms. The zero-order valence-electron chi connectivity index (χ0n) is 10.7. The molecule has 0 aromatic rings. The summed E-state index contributed by atoms with van der Waals surface area (Å²) in [7, 11) is 0. The Kier molecular flexibility index (Phi) is 4.67. The molecule has 1 aliphatic carbocycles. The molecule has 0 aliphatic heterocycles. The van der Waals surface area contributed by atoms with Gasteiger partial charge in [0, 0.05) is 12.0 Å². The summed E-state index contributed by atoms with van der Waals surface area (Å²) in [5, 5.41) is 3.61. The minimum absolute atomic E-state index is 0.267. The molecule has 86 valence electrons. The van der Waals surface area contributed by atoms with Crippen molar-refractivity contribution in [3.05, 3.63) is 0 Å². The first kappa shape index (κ1) is 12.6. The van der Waals surface area contributed by atoms with Crippen molar-refractivity contribution in [2.45, 2.75) is 58.9 Å². The third-order valence-electron chi connectivity index (χ3n) is 3.29. The molecular formula is C14H25N. The smallest absolute Gasteiger partial charge is 0.00966 e. The van der Waals surface area contributed by atoms with E-state index in [2.05, 4.69) is 37.9 Å². The Balaban J connectivity index is 2.17. The fraction of sp³-hybridized carbons (Fsp3) is 0.857. The zero-order chi connectivity index (χ0) is 11.3. The van der Waals surface area contributed by atoms with E-state index < -0.39 is 0 Å². The quantitative estimate of drug-likeness (QED) is 0.698. The van der Waals surface area contributed by atoms with Gasteiger partial charge in [0.2, 0.25) is 0 Å². The van der Waals surface area contributed by atoms with Gasteiger partial charge in [-0.3, -0.25) is 0 Å². The molecule has 1 nitrogen and oxygen atoms in total. The maximum absolute atomic E-state index is 3.61. The molecule has 0 aromatic heterocycles. The molecule has 0 aromatic carbocycles. The van der Waals surface area contributed by atoms with Crippen LogP contribution in [0.3, 0.4) is 0 Å². The highest BCUT2D eigenvalue weighted by Gasteiger charge is 2.30.